The van der Waals surface area contributed by atoms with Gasteiger partial charge in [0, 0.05) is 6.04 Å². The summed E-state index contributed by atoms with van der Waals surface area (Å²) in [6.07, 6.45) is 6.87. The molecule has 1 amide bonds. The van der Waals surface area contributed by atoms with Gasteiger partial charge in [-0.25, -0.2) is 14.2 Å². The maximum absolute atomic E-state index is 15.1. The Balaban J connectivity index is 1.38. The molecule has 2 unspecified atom stereocenters. The first-order valence-corrected chi connectivity index (χ1v) is 12.6. The first-order valence-electron chi connectivity index (χ1n) is 12.6. The average molecular weight is 520 g/mol. The molecule has 11 nitrogen and oxygen atoms in total. The monoisotopic (exact) mass is 519 g/mol. The molecule has 3 N–H and O–H groups in total. The van der Waals surface area contributed by atoms with E-state index in [1.807, 2.05) is 33.8 Å². The third-order valence-electron chi connectivity index (χ3n) is 6.75. The van der Waals surface area contributed by atoms with Crippen LogP contribution in [0.2, 0.25) is 0 Å². The van der Waals surface area contributed by atoms with Crippen molar-refractivity contribution in [3.05, 3.63) is 47.8 Å². The Hall–Kier alpha value is -4.27. The van der Waals surface area contributed by atoms with Crippen LogP contribution in [0.3, 0.4) is 0 Å². The number of halogens is 1. The molecule has 0 saturated heterocycles. The van der Waals surface area contributed by atoms with E-state index >= 15 is 4.39 Å². The zero-order valence-electron chi connectivity index (χ0n) is 21.7. The standard InChI is InChI=1S/C26H30FN9O2/c1-14-22(36-30-5-6-31-36)11-18(13-29-14)32-23-17(12-28)8-19(27)24(35-23)33-20-9-15-7-16(15)10-21(20)34-25(37)38-26(2,3)4/h5-6,8,11,13,15-16,20-21H,7,9-10H2,1-4H3,(H,34,37)(H2,32,33,35)/t15?,16?,20-,21+/m1/s1. The molecular weight excluding hydrogens is 489 g/mol. The summed E-state index contributed by atoms with van der Waals surface area (Å²) in [5.74, 6) is 0.621. The smallest absolute Gasteiger partial charge is 0.407 e. The number of pyridine rings is 2. The van der Waals surface area contributed by atoms with E-state index < -0.39 is 17.5 Å². The van der Waals surface area contributed by atoms with Gasteiger partial charge >= 0.3 is 6.09 Å². The van der Waals surface area contributed by atoms with Gasteiger partial charge in [-0.3, -0.25) is 4.98 Å². The second-order valence-corrected chi connectivity index (χ2v) is 10.8. The highest BCUT2D eigenvalue weighted by Crippen LogP contribution is 2.50. The molecule has 3 aromatic rings. The molecule has 4 atom stereocenters. The molecule has 0 radical (unpaired) electrons. The minimum atomic E-state index is -0.649. The molecule has 38 heavy (non-hydrogen) atoms. The summed E-state index contributed by atoms with van der Waals surface area (Å²) in [5.41, 5.74) is 1.31. The van der Waals surface area contributed by atoms with E-state index in [0.29, 0.717) is 28.9 Å². The zero-order chi connectivity index (χ0) is 27.0. The highest BCUT2D eigenvalue weighted by Gasteiger charge is 2.47. The molecule has 2 aliphatic rings. The zero-order valence-corrected chi connectivity index (χ0v) is 21.7. The summed E-state index contributed by atoms with van der Waals surface area (Å²) in [6, 6.07) is 4.43. The van der Waals surface area contributed by atoms with Gasteiger partial charge in [0.25, 0.3) is 0 Å². The van der Waals surface area contributed by atoms with Crippen molar-refractivity contribution >= 4 is 23.4 Å². The first kappa shape index (κ1) is 25.4. The second-order valence-electron chi connectivity index (χ2n) is 10.8. The molecule has 2 aliphatic carbocycles. The van der Waals surface area contributed by atoms with Crippen molar-refractivity contribution < 1.29 is 13.9 Å². The van der Waals surface area contributed by atoms with Gasteiger partial charge < -0.3 is 20.7 Å². The Kier molecular flexibility index (Phi) is 6.60. The van der Waals surface area contributed by atoms with Gasteiger partial charge in [0.1, 0.15) is 17.4 Å². The first-order chi connectivity index (χ1) is 18.1. The van der Waals surface area contributed by atoms with Crippen molar-refractivity contribution in [2.45, 2.75) is 64.6 Å². The number of rotatable bonds is 6. The molecule has 12 heteroatoms. The van der Waals surface area contributed by atoms with E-state index in [0.717, 1.165) is 25.3 Å². The number of amides is 1. The molecular formula is C26H30FN9O2. The molecule has 2 saturated carbocycles. The van der Waals surface area contributed by atoms with Crippen molar-refractivity contribution in [3.8, 4) is 11.8 Å². The summed E-state index contributed by atoms with van der Waals surface area (Å²) >= 11 is 0. The van der Waals surface area contributed by atoms with E-state index in [9.17, 15) is 10.1 Å². The number of aromatic nitrogens is 5. The van der Waals surface area contributed by atoms with Crippen LogP contribution in [-0.4, -0.2) is 48.7 Å². The van der Waals surface area contributed by atoms with Crippen LogP contribution in [0.5, 0.6) is 0 Å². The number of anilines is 3. The molecule has 5 rings (SSSR count). The number of nitrogens with one attached hydrogen (secondary N) is 3. The van der Waals surface area contributed by atoms with Crippen molar-refractivity contribution in [2.24, 2.45) is 11.8 Å². The quantitative estimate of drug-likeness (QED) is 0.436. The fraction of sp³-hybridized carbons (Fsp3) is 0.462. The van der Waals surface area contributed by atoms with Gasteiger partial charge in [-0.05, 0) is 70.9 Å². The lowest BCUT2D eigenvalue weighted by Gasteiger charge is -2.33. The van der Waals surface area contributed by atoms with Crippen LogP contribution >= 0.6 is 0 Å². The molecule has 3 aromatic heterocycles. The highest BCUT2D eigenvalue weighted by molar-refractivity contribution is 5.69. The topological polar surface area (TPSA) is 143 Å². The van der Waals surface area contributed by atoms with E-state index in [1.165, 1.54) is 4.80 Å². The third kappa shape index (κ3) is 5.66. The molecule has 198 valence electrons. The van der Waals surface area contributed by atoms with Gasteiger partial charge in [0.05, 0.1) is 41.6 Å². The number of aryl methyl sites for hydroxylation is 1. The number of alkyl carbamates (subject to hydrolysis) is 1. The van der Waals surface area contributed by atoms with Gasteiger partial charge in [-0.15, -0.1) is 4.80 Å². The van der Waals surface area contributed by atoms with Crippen LogP contribution in [0.15, 0.2) is 30.7 Å². The molecule has 0 aliphatic heterocycles. The van der Waals surface area contributed by atoms with E-state index in [2.05, 4.69) is 36.1 Å². The summed E-state index contributed by atoms with van der Waals surface area (Å²) in [5, 5.41) is 27.2. The Morgan fingerprint density at radius 2 is 1.84 bits per heavy atom. The number of nitrogens with zero attached hydrogens (tertiary/aromatic N) is 6. The number of ether oxygens (including phenoxy) is 1. The van der Waals surface area contributed by atoms with Crippen LogP contribution < -0.4 is 16.0 Å². The lowest BCUT2D eigenvalue weighted by atomic mass is 9.90. The van der Waals surface area contributed by atoms with Crippen LogP contribution in [0.1, 0.15) is 51.3 Å². The predicted molar refractivity (Wildman–Crippen MR) is 137 cm³/mol. The maximum Gasteiger partial charge on any atom is 0.407 e. The number of nitriles is 1. The maximum atomic E-state index is 15.1. The van der Waals surface area contributed by atoms with Crippen LogP contribution in [0.4, 0.5) is 26.5 Å². The fourth-order valence-electron chi connectivity index (χ4n) is 4.86. The number of carbonyl (C=O) groups is 1. The summed E-state index contributed by atoms with van der Waals surface area (Å²) < 4.78 is 20.5. The minimum absolute atomic E-state index is 0.000580. The summed E-state index contributed by atoms with van der Waals surface area (Å²) in [4.78, 5) is 22.7. The molecule has 0 aromatic carbocycles. The highest BCUT2D eigenvalue weighted by atomic mass is 19.1. The summed E-state index contributed by atoms with van der Waals surface area (Å²) in [7, 11) is 0. The fourth-order valence-corrected chi connectivity index (χ4v) is 4.86. The summed E-state index contributed by atoms with van der Waals surface area (Å²) in [6.45, 7) is 7.26. The van der Waals surface area contributed by atoms with Gasteiger partial charge in [-0.1, -0.05) is 0 Å². The lowest BCUT2D eigenvalue weighted by Crippen LogP contribution is -2.50. The molecule has 0 spiro atoms. The second kappa shape index (κ2) is 9.89. The SMILES string of the molecule is Cc1ncc(Nc2nc(N[C@@H]3CC4CC4C[C@@H]3NC(=O)OC(C)(C)C)c(F)cc2C#N)cc1-n1nccn1. The number of carbonyl (C=O) groups excluding carboxylic acids is 1. The Morgan fingerprint density at radius 3 is 2.53 bits per heavy atom. The van der Waals surface area contributed by atoms with Crippen molar-refractivity contribution in [3.63, 3.8) is 0 Å². The number of fused-ring (bicyclic) bond motifs is 1. The predicted octanol–water partition coefficient (Wildman–Crippen LogP) is 4.22. The average Bonchev–Trinajstić information content (AvgIpc) is 3.37. The van der Waals surface area contributed by atoms with Gasteiger partial charge in [0.15, 0.2) is 17.5 Å². The Bertz CT molecular complexity index is 1380. The van der Waals surface area contributed by atoms with Crippen molar-refractivity contribution in [2.75, 3.05) is 10.6 Å². The van der Waals surface area contributed by atoms with E-state index in [-0.39, 0.29) is 29.3 Å². The lowest BCUT2D eigenvalue weighted by molar-refractivity contribution is 0.0487. The molecule has 0 bridgehead atoms. The van der Waals surface area contributed by atoms with Crippen LogP contribution in [0, 0.1) is 35.9 Å². The number of hydrogen-bond donors (Lipinski definition) is 3. The van der Waals surface area contributed by atoms with Gasteiger partial charge in [-0.2, -0.15) is 15.5 Å². The van der Waals surface area contributed by atoms with Crippen molar-refractivity contribution in [1.29, 1.82) is 5.26 Å². The minimum Gasteiger partial charge on any atom is -0.444 e. The van der Waals surface area contributed by atoms with E-state index in [1.54, 1.807) is 24.7 Å². The molecule has 2 fully saturated rings. The largest absolute Gasteiger partial charge is 0.444 e. The third-order valence-corrected chi connectivity index (χ3v) is 6.75. The van der Waals surface area contributed by atoms with Crippen molar-refractivity contribution in [1.82, 2.24) is 30.3 Å². The van der Waals surface area contributed by atoms with Crippen LogP contribution in [-0.2, 0) is 4.74 Å². The van der Waals surface area contributed by atoms with Gasteiger partial charge in [0.2, 0.25) is 0 Å². The number of hydrogen-bond acceptors (Lipinski definition) is 9. The van der Waals surface area contributed by atoms with E-state index in [4.69, 9.17) is 4.74 Å². The molecule has 3 heterocycles. The Labute approximate surface area is 219 Å². The normalized spacial score (nSPS) is 22.1. The Morgan fingerprint density at radius 1 is 1.13 bits per heavy atom. The van der Waals surface area contributed by atoms with Crippen LogP contribution in [0.25, 0.3) is 5.69 Å².